The third-order valence-corrected chi connectivity index (χ3v) is 5.46. The summed E-state index contributed by atoms with van der Waals surface area (Å²) in [5.74, 6) is 2.50. The number of urea groups is 1. The number of amides is 2. The molecule has 1 saturated heterocycles. The molecule has 0 bridgehead atoms. The van der Waals surface area contributed by atoms with Gasteiger partial charge in [0.15, 0.2) is 0 Å². The number of carbonyl (C=O) groups is 1. The second kappa shape index (κ2) is 8.84. The molecule has 1 aromatic carbocycles. The Hall–Kier alpha value is -3.28. The number of anilines is 3. The molecule has 12 heteroatoms. The lowest BCUT2D eigenvalue weighted by Gasteiger charge is -2.27. The highest BCUT2D eigenvalue weighted by Crippen LogP contribution is 2.29. The number of nitrogens with one attached hydrogen (secondary N) is 2. The van der Waals surface area contributed by atoms with Crippen molar-refractivity contribution in [1.29, 1.82) is 0 Å². The Labute approximate surface area is 179 Å². The van der Waals surface area contributed by atoms with Gasteiger partial charge in [-0.1, -0.05) is 0 Å². The summed E-state index contributed by atoms with van der Waals surface area (Å²) in [5.41, 5.74) is 0.772. The number of hydrogen-bond acceptors (Lipinski definition) is 6. The van der Waals surface area contributed by atoms with E-state index in [-0.39, 0.29) is 5.69 Å². The maximum absolute atomic E-state index is 12.6. The van der Waals surface area contributed by atoms with Gasteiger partial charge < -0.3 is 15.5 Å². The van der Waals surface area contributed by atoms with Crippen LogP contribution in [-0.4, -0.2) is 50.4 Å². The Morgan fingerprint density at radius 2 is 1.61 bits per heavy atom. The van der Waals surface area contributed by atoms with E-state index < -0.39 is 17.8 Å². The van der Waals surface area contributed by atoms with Crippen LogP contribution in [0.5, 0.6) is 0 Å². The summed E-state index contributed by atoms with van der Waals surface area (Å²) in [5, 5.41) is 9.17. The second-order valence-electron chi connectivity index (χ2n) is 6.67. The van der Waals surface area contributed by atoms with E-state index in [0.717, 1.165) is 42.4 Å². The van der Waals surface area contributed by atoms with Crippen molar-refractivity contribution in [3.8, 4) is 5.95 Å². The van der Waals surface area contributed by atoms with Crippen molar-refractivity contribution >= 4 is 34.9 Å². The minimum Gasteiger partial charge on any atom is -0.367 e. The SMILES string of the molecule is O=C(Nc1ccc(C(F)(F)F)cc1)Nc1cnn(-c2ncc(N3CCSCC3)cn2)c1. The number of hydrogen-bond donors (Lipinski definition) is 2. The molecule has 1 aliphatic heterocycles. The highest BCUT2D eigenvalue weighted by Gasteiger charge is 2.30. The van der Waals surface area contributed by atoms with Gasteiger partial charge in [-0.15, -0.1) is 0 Å². The third-order valence-electron chi connectivity index (χ3n) is 4.52. The van der Waals surface area contributed by atoms with Crippen molar-refractivity contribution in [2.24, 2.45) is 0 Å². The Balaban J connectivity index is 1.35. The first-order valence-corrected chi connectivity index (χ1v) is 10.5. The van der Waals surface area contributed by atoms with E-state index in [1.807, 2.05) is 11.8 Å². The van der Waals surface area contributed by atoms with E-state index in [1.54, 1.807) is 18.6 Å². The molecule has 31 heavy (non-hydrogen) atoms. The molecule has 2 aromatic heterocycles. The van der Waals surface area contributed by atoms with Crippen LogP contribution in [0, 0.1) is 0 Å². The van der Waals surface area contributed by atoms with Crippen LogP contribution in [0.1, 0.15) is 5.56 Å². The number of benzene rings is 1. The van der Waals surface area contributed by atoms with Crippen molar-refractivity contribution in [2.45, 2.75) is 6.18 Å². The molecule has 4 rings (SSSR count). The summed E-state index contributed by atoms with van der Waals surface area (Å²) in [6.45, 7) is 1.91. The van der Waals surface area contributed by atoms with Gasteiger partial charge in [-0.05, 0) is 24.3 Å². The largest absolute Gasteiger partial charge is 0.416 e. The molecule has 3 aromatic rings. The summed E-state index contributed by atoms with van der Waals surface area (Å²) >= 11 is 1.92. The summed E-state index contributed by atoms with van der Waals surface area (Å²) in [6.07, 6.45) is 2.02. The van der Waals surface area contributed by atoms with Crippen LogP contribution in [0.2, 0.25) is 0 Å². The third kappa shape index (κ3) is 5.26. The molecule has 3 heterocycles. The lowest BCUT2D eigenvalue weighted by molar-refractivity contribution is -0.137. The van der Waals surface area contributed by atoms with Gasteiger partial charge in [0.05, 0.1) is 41.7 Å². The maximum atomic E-state index is 12.6. The molecule has 0 aliphatic carbocycles. The van der Waals surface area contributed by atoms with Crippen LogP contribution in [0.25, 0.3) is 5.95 Å². The summed E-state index contributed by atoms with van der Waals surface area (Å²) in [4.78, 5) is 23.0. The minimum absolute atomic E-state index is 0.230. The highest BCUT2D eigenvalue weighted by atomic mass is 32.2. The molecule has 0 spiro atoms. The van der Waals surface area contributed by atoms with E-state index in [2.05, 4.69) is 30.6 Å². The number of rotatable bonds is 4. The fourth-order valence-corrected chi connectivity index (χ4v) is 3.85. The number of alkyl halides is 3. The zero-order valence-electron chi connectivity index (χ0n) is 16.1. The molecule has 1 aliphatic rings. The minimum atomic E-state index is -4.43. The van der Waals surface area contributed by atoms with Crippen LogP contribution >= 0.6 is 11.8 Å². The number of carbonyl (C=O) groups excluding carboxylic acids is 1. The van der Waals surface area contributed by atoms with Gasteiger partial charge in [0.1, 0.15) is 0 Å². The summed E-state index contributed by atoms with van der Waals surface area (Å²) < 4.78 is 39.2. The van der Waals surface area contributed by atoms with Crippen molar-refractivity contribution in [2.75, 3.05) is 40.1 Å². The Morgan fingerprint density at radius 1 is 0.968 bits per heavy atom. The van der Waals surface area contributed by atoms with Gasteiger partial charge in [-0.25, -0.2) is 19.4 Å². The van der Waals surface area contributed by atoms with Gasteiger partial charge >= 0.3 is 12.2 Å². The predicted molar refractivity (Wildman–Crippen MR) is 113 cm³/mol. The average molecular weight is 449 g/mol. The van der Waals surface area contributed by atoms with E-state index in [1.165, 1.54) is 23.0 Å². The van der Waals surface area contributed by atoms with E-state index in [0.29, 0.717) is 11.6 Å². The van der Waals surface area contributed by atoms with Gasteiger partial charge in [0, 0.05) is 30.3 Å². The first kappa shape index (κ1) is 21.0. The molecule has 1 fully saturated rings. The Morgan fingerprint density at radius 3 is 2.26 bits per heavy atom. The monoisotopic (exact) mass is 449 g/mol. The Bertz CT molecular complexity index is 1030. The number of halogens is 3. The normalized spacial score (nSPS) is 14.4. The zero-order chi connectivity index (χ0) is 21.8. The average Bonchev–Trinajstić information content (AvgIpc) is 3.22. The fraction of sp³-hybridized carbons (Fsp3) is 0.263. The predicted octanol–water partition coefficient (Wildman–Crippen LogP) is 3.88. The fourth-order valence-electron chi connectivity index (χ4n) is 2.95. The summed E-state index contributed by atoms with van der Waals surface area (Å²) in [6, 6.07) is 3.55. The standard InChI is InChI=1S/C19H18F3N7OS/c20-19(21,22)13-1-3-14(4-2-13)26-18(30)27-15-9-25-29(12-15)17-23-10-16(11-24-17)28-5-7-31-8-6-28/h1-4,9-12H,5-8H2,(H2,26,27,30). The molecule has 0 atom stereocenters. The van der Waals surface area contributed by atoms with Crippen LogP contribution in [-0.2, 0) is 6.18 Å². The molecular formula is C19H18F3N7OS. The van der Waals surface area contributed by atoms with E-state index in [9.17, 15) is 18.0 Å². The lowest BCUT2D eigenvalue weighted by Crippen LogP contribution is -2.32. The van der Waals surface area contributed by atoms with Crippen LogP contribution in [0.15, 0.2) is 49.1 Å². The first-order chi connectivity index (χ1) is 14.9. The van der Waals surface area contributed by atoms with Gasteiger partial charge in [-0.3, -0.25) is 0 Å². The number of aromatic nitrogens is 4. The van der Waals surface area contributed by atoms with Crippen LogP contribution < -0.4 is 15.5 Å². The maximum Gasteiger partial charge on any atom is 0.416 e. The van der Waals surface area contributed by atoms with Gasteiger partial charge in [-0.2, -0.15) is 30.0 Å². The topological polar surface area (TPSA) is 88.0 Å². The molecule has 2 amide bonds. The zero-order valence-corrected chi connectivity index (χ0v) is 17.0. The van der Waals surface area contributed by atoms with Crippen molar-refractivity contribution < 1.29 is 18.0 Å². The molecular weight excluding hydrogens is 431 g/mol. The van der Waals surface area contributed by atoms with Crippen molar-refractivity contribution in [3.05, 3.63) is 54.6 Å². The number of thioether (sulfide) groups is 1. The molecule has 8 nitrogen and oxygen atoms in total. The molecule has 162 valence electrons. The smallest absolute Gasteiger partial charge is 0.367 e. The lowest BCUT2D eigenvalue weighted by atomic mass is 10.2. The second-order valence-corrected chi connectivity index (χ2v) is 7.89. The highest BCUT2D eigenvalue weighted by molar-refractivity contribution is 7.99. The number of nitrogens with zero attached hydrogens (tertiary/aromatic N) is 5. The van der Waals surface area contributed by atoms with Gasteiger partial charge in [0.25, 0.3) is 5.95 Å². The first-order valence-electron chi connectivity index (χ1n) is 9.33. The summed E-state index contributed by atoms with van der Waals surface area (Å²) in [7, 11) is 0. The van der Waals surface area contributed by atoms with Crippen molar-refractivity contribution in [3.63, 3.8) is 0 Å². The van der Waals surface area contributed by atoms with E-state index >= 15 is 0 Å². The van der Waals surface area contributed by atoms with Crippen LogP contribution in [0.3, 0.4) is 0 Å². The molecule has 0 saturated carbocycles. The quantitative estimate of drug-likeness (QED) is 0.629. The van der Waals surface area contributed by atoms with Crippen LogP contribution in [0.4, 0.5) is 35.0 Å². The van der Waals surface area contributed by atoms with E-state index in [4.69, 9.17) is 0 Å². The molecule has 0 unspecified atom stereocenters. The molecule has 0 radical (unpaired) electrons. The molecule has 2 N–H and O–H groups in total. The van der Waals surface area contributed by atoms with Gasteiger partial charge in [0.2, 0.25) is 0 Å². The Kier molecular flexibility index (Phi) is 5.98. The van der Waals surface area contributed by atoms with Crippen molar-refractivity contribution in [1.82, 2.24) is 19.7 Å².